The Bertz CT molecular complexity index is 1130. The fraction of sp³-hybridized carbons (Fsp3) is 0.238. The summed E-state index contributed by atoms with van der Waals surface area (Å²) in [4.78, 5) is 30.1. The standard InChI is InChI=1S/C21H20N4O2S/c1-13(2)25-20(27)17-9-4-5-10-18(17)24-21(25)28-14(3)19(26)23-16-8-6-7-15(11-16)12-22/h4-11,13-14H,1-3H3,(H,23,26)/t14-/m0/s1. The van der Waals surface area contributed by atoms with Crippen LogP contribution >= 0.6 is 11.8 Å². The van der Waals surface area contributed by atoms with Crippen LogP contribution in [-0.4, -0.2) is 20.7 Å². The monoisotopic (exact) mass is 392 g/mol. The summed E-state index contributed by atoms with van der Waals surface area (Å²) in [5.74, 6) is -0.224. The second kappa shape index (κ2) is 8.28. The SMILES string of the molecule is CC(C)n1c(S[C@@H](C)C(=O)Nc2cccc(C#N)c2)nc2ccccc2c1=O. The van der Waals surface area contributed by atoms with E-state index >= 15 is 0 Å². The molecule has 0 bridgehead atoms. The number of anilines is 1. The molecule has 1 N–H and O–H groups in total. The van der Waals surface area contributed by atoms with Gasteiger partial charge in [-0.05, 0) is 51.1 Å². The fourth-order valence-electron chi connectivity index (χ4n) is 2.79. The molecule has 0 unspecified atom stereocenters. The van der Waals surface area contributed by atoms with Crippen LogP contribution in [-0.2, 0) is 4.79 Å². The van der Waals surface area contributed by atoms with E-state index in [-0.39, 0.29) is 17.5 Å². The molecule has 7 heteroatoms. The molecule has 0 fully saturated rings. The molecule has 142 valence electrons. The van der Waals surface area contributed by atoms with Crippen LogP contribution in [0.2, 0.25) is 0 Å². The molecule has 1 atom stereocenters. The summed E-state index contributed by atoms with van der Waals surface area (Å²) in [5.41, 5.74) is 1.53. The number of para-hydroxylation sites is 1. The summed E-state index contributed by atoms with van der Waals surface area (Å²) in [6.07, 6.45) is 0. The number of hydrogen-bond donors (Lipinski definition) is 1. The molecule has 6 nitrogen and oxygen atoms in total. The van der Waals surface area contributed by atoms with Crippen LogP contribution in [0.25, 0.3) is 10.9 Å². The number of carbonyl (C=O) groups excluding carboxylic acids is 1. The molecule has 2 aromatic carbocycles. The second-order valence-corrected chi connectivity index (χ2v) is 7.93. The maximum absolute atomic E-state index is 12.9. The van der Waals surface area contributed by atoms with Crippen LogP contribution in [0, 0.1) is 11.3 Å². The van der Waals surface area contributed by atoms with Gasteiger partial charge in [0.05, 0.1) is 27.8 Å². The highest BCUT2D eigenvalue weighted by atomic mass is 32.2. The molecular formula is C21H20N4O2S. The number of benzene rings is 2. The van der Waals surface area contributed by atoms with E-state index in [1.165, 1.54) is 11.8 Å². The molecular weight excluding hydrogens is 372 g/mol. The Morgan fingerprint density at radius 1 is 1.18 bits per heavy atom. The van der Waals surface area contributed by atoms with E-state index in [4.69, 9.17) is 5.26 Å². The Labute approximate surface area is 167 Å². The van der Waals surface area contributed by atoms with Crippen molar-refractivity contribution in [2.45, 2.75) is 37.2 Å². The largest absolute Gasteiger partial charge is 0.325 e. The van der Waals surface area contributed by atoms with Gasteiger partial charge in [-0.15, -0.1) is 0 Å². The summed E-state index contributed by atoms with van der Waals surface area (Å²) < 4.78 is 1.62. The second-order valence-electron chi connectivity index (χ2n) is 6.62. The van der Waals surface area contributed by atoms with Gasteiger partial charge in [0.1, 0.15) is 0 Å². The van der Waals surface area contributed by atoms with Crippen molar-refractivity contribution in [1.29, 1.82) is 5.26 Å². The van der Waals surface area contributed by atoms with E-state index in [1.807, 2.05) is 32.0 Å². The Hall–Kier alpha value is -3.11. The molecule has 1 aromatic heterocycles. The molecule has 1 heterocycles. The van der Waals surface area contributed by atoms with Gasteiger partial charge in [-0.25, -0.2) is 4.98 Å². The lowest BCUT2D eigenvalue weighted by Crippen LogP contribution is -2.28. The third-order valence-corrected chi connectivity index (χ3v) is 5.27. The first kappa shape index (κ1) is 19.6. The number of nitrogens with zero attached hydrogens (tertiary/aromatic N) is 3. The van der Waals surface area contributed by atoms with Crippen LogP contribution in [0.3, 0.4) is 0 Å². The van der Waals surface area contributed by atoms with Crippen molar-refractivity contribution in [2.24, 2.45) is 0 Å². The van der Waals surface area contributed by atoms with E-state index in [2.05, 4.69) is 10.3 Å². The average Bonchev–Trinajstić information content (AvgIpc) is 2.68. The first-order valence-electron chi connectivity index (χ1n) is 8.89. The summed E-state index contributed by atoms with van der Waals surface area (Å²) in [6.45, 7) is 5.60. The molecule has 3 rings (SSSR count). The van der Waals surface area contributed by atoms with Gasteiger partial charge in [0.2, 0.25) is 5.91 Å². The number of amides is 1. The highest BCUT2D eigenvalue weighted by Gasteiger charge is 2.20. The van der Waals surface area contributed by atoms with Gasteiger partial charge in [0.15, 0.2) is 5.16 Å². The number of aromatic nitrogens is 2. The number of nitriles is 1. The topological polar surface area (TPSA) is 87.8 Å². The smallest absolute Gasteiger partial charge is 0.262 e. The molecule has 1 amide bonds. The van der Waals surface area contributed by atoms with Gasteiger partial charge < -0.3 is 5.32 Å². The van der Waals surface area contributed by atoms with Gasteiger partial charge in [0.25, 0.3) is 5.56 Å². The predicted molar refractivity (Wildman–Crippen MR) is 111 cm³/mol. The summed E-state index contributed by atoms with van der Waals surface area (Å²) in [5, 5.41) is 12.4. The van der Waals surface area contributed by atoms with E-state index in [0.29, 0.717) is 27.3 Å². The molecule has 3 aromatic rings. The van der Waals surface area contributed by atoms with Crippen molar-refractivity contribution in [2.75, 3.05) is 5.32 Å². The third-order valence-electron chi connectivity index (χ3n) is 4.20. The van der Waals surface area contributed by atoms with E-state index in [1.54, 1.807) is 47.9 Å². The minimum absolute atomic E-state index is 0.0883. The van der Waals surface area contributed by atoms with E-state index in [0.717, 1.165) is 0 Å². The van der Waals surface area contributed by atoms with Crippen LogP contribution in [0.4, 0.5) is 5.69 Å². The summed E-state index contributed by atoms with van der Waals surface area (Å²) >= 11 is 1.24. The van der Waals surface area contributed by atoms with E-state index < -0.39 is 5.25 Å². The van der Waals surface area contributed by atoms with Crippen LogP contribution < -0.4 is 10.9 Å². The molecule has 0 aliphatic heterocycles. The number of thioether (sulfide) groups is 1. The number of hydrogen-bond acceptors (Lipinski definition) is 5. The first-order valence-corrected chi connectivity index (χ1v) is 9.77. The van der Waals surface area contributed by atoms with Crippen molar-refractivity contribution in [3.8, 4) is 6.07 Å². The van der Waals surface area contributed by atoms with Gasteiger partial charge in [-0.3, -0.25) is 14.2 Å². The third kappa shape index (κ3) is 4.07. The molecule has 0 aliphatic rings. The number of rotatable bonds is 5. The Balaban J connectivity index is 1.88. The molecule has 0 spiro atoms. The molecule has 0 aliphatic carbocycles. The lowest BCUT2D eigenvalue weighted by atomic mass is 10.2. The number of nitrogens with one attached hydrogen (secondary N) is 1. The molecule has 0 saturated carbocycles. The van der Waals surface area contributed by atoms with E-state index in [9.17, 15) is 9.59 Å². The van der Waals surface area contributed by atoms with Gasteiger partial charge in [0, 0.05) is 11.7 Å². The normalized spacial score (nSPS) is 12.0. The van der Waals surface area contributed by atoms with Crippen LogP contribution in [0.1, 0.15) is 32.4 Å². The van der Waals surface area contributed by atoms with Crippen molar-refractivity contribution < 1.29 is 4.79 Å². The summed E-state index contributed by atoms with van der Waals surface area (Å²) in [6, 6.07) is 15.9. The Morgan fingerprint density at radius 3 is 2.64 bits per heavy atom. The van der Waals surface area contributed by atoms with Crippen molar-refractivity contribution in [3.63, 3.8) is 0 Å². The van der Waals surface area contributed by atoms with Crippen LogP contribution in [0.5, 0.6) is 0 Å². The molecule has 0 saturated heterocycles. The maximum atomic E-state index is 12.9. The average molecular weight is 392 g/mol. The highest BCUT2D eigenvalue weighted by molar-refractivity contribution is 8.00. The highest BCUT2D eigenvalue weighted by Crippen LogP contribution is 2.25. The minimum atomic E-state index is -0.483. The molecule has 28 heavy (non-hydrogen) atoms. The van der Waals surface area contributed by atoms with Crippen molar-refractivity contribution in [3.05, 3.63) is 64.4 Å². The quantitative estimate of drug-likeness (QED) is 0.524. The van der Waals surface area contributed by atoms with Crippen LogP contribution in [0.15, 0.2) is 58.5 Å². The lowest BCUT2D eigenvalue weighted by Gasteiger charge is -2.18. The van der Waals surface area contributed by atoms with Gasteiger partial charge in [-0.2, -0.15) is 5.26 Å². The summed E-state index contributed by atoms with van der Waals surface area (Å²) in [7, 11) is 0. The van der Waals surface area contributed by atoms with Gasteiger partial charge in [-0.1, -0.05) is 30.0 Å². The molecule has 0 radical (unpaired) electrons. The predicted octanol–water partition coefficient (Wildman–Crippen LogP) is 3.97. The fourth-order valence-corrected chi connectivity index (χ4v) is 3.83. The number of carbonyl (C=O) groups is 1. The lowest BCUT2D eigenvalue weighted by molar-refractivity contribution is -0.115. The van der Waals surface area contributed by atoms with Crippen molar-refractivity contribution >= 4 is 34.3 Å². The van der Waals surface area contributed by atoms with Gasteiger partial charge >= 0.3 is 0 Å². The Kier molecular flexibility index (Phi) is 5.81. The maximum Gasteiger partial charge on any atom is 0.262 e. The zero-order valence-electron chi connectivity index (χ0n) is 15.8. The first-order chi connectivity index (χ1) is 13.4. The van der Waals surface area contributed by atoms with Crippen molar-refractivity contribution in [1.82, 2.24) is 9.55 Å². The zero-order chi connectivity index (χ0) is 20.3. The minimum Gasteiger partial charge on any atom is -0.325 e. The Morgan fingerprint density at radius 2 is 1.93 bits per heavy atom. The zero-order valence-corrected chi connectivity index (χ0v) is 16.7. The number of fused-ring (bicyclic) bond motifs is 1.